The second kappa shape index (κ2) is 5.76. The topological polar surface area (TPSA) is 38.7 Å². The van der Waals surface area contributed by atoms with Crippen molar-refractivity contribution in [2.45, 2.75) is 13.0 Å². The van der Waals surface area contributed by atoms with Crippen molar-refractivity contribution in [3.05, 3.63) is 48.0 Å². The highest BCUT2D eigenvalue weighted by molar-refractivity contribution is 5.74. The molecule has 0 fully saturated rings. The standard InChI is InChI=1S/C16H18O3/c1-11(17)12-7-9-13(10-8-12)14-5-4-6-15(18-2)16(14)19-3/h4-11,17H,1-3H3. The number of methoxy groups -OCH3 is 2. The summed E-state index contributed by atoms with van der Waals surface area (Å²) < 4.78 is 10.7. The van der Waals surface area contributed by atoms with Crippen LogP contribution in [0.2, 0.25) is 0 Å². The zero-order valence-corrected chi connectivity index (χ0v) is 11.4. The van der Waals surface area contributed by atoms with Gasteiger partial charge in [0, 0.05) is 5.56 Å². The molecule has 1 atom stereocenters. The van der Waals surface area contributed by atoms with Crippen LogP contribution in [-0.2, 0) is 0 Å². The summed E-state index contributed by atoms with van der Waals surface area (Å²) >= 11 is 0. The first-order valence-corrected chi connectivity index (χ1v) is 6.16. The first-order valence-electron chi connectivity index (χ1n) is 6.16. The molecule has 2 aromatic rings. The molecule has 0 aliphatic carbocycles. The Labute approximate surface area is 113 Å². The lowest BCUT2D eigenvalue weighted by Gasteiger charge is -2.13. The highest BCUT2D eigenvalue weighted by Gasteiger charge is 2.11. The number of ether oxygens (including phenoxy) is 2. The molecule has 19 heavy (non-hydrogen) atoms. The number of aliphatic hydroxyl groups excluding tert-OH is 1. The molecule has 0 radical (unpaired) electrons. The molecule has 100 valence electrons. The van der Waals surface area contributed by atoms with Gasteiger partial charge in [0.05, 0.1) is 20.3 Å². The zero-order chi connectivity index (χ0) is 13.8. The number of para-hydroxylation sites is 1. The molecule has 3 heteroatoms. The molecular weight excluding hydrogens is 240 g/mol. The van der Waals surface area contributed by atoms with Crippen molar-refractivity contribution in [3.8, 4) is 22.6 Å². The molecule has 1 N–H and O–H groups in total. The van der Waals surface area contributed by atoms with Crippen LogP contribution in [0.4, 0.5) is 0 Å². The van der Waals surface area contributed by atoms with E-state index in [4.69, 9.17) is 9.47 Å². The number of benzene rings is 2. The third-order valence-electron chi connectivity index (χ3n) is 3.11. The van der Waals surface area contributed by atoms with Crippen LogP contribution in [0, 0.1) is 0 Å². The van der Waals surface area contributed by atoms with Gasteiger partial charge in [-0.2, -0.15) is 0 Å². The maximum absolute atomic E-state index is 9.52. The van der Waals surface area contributed by atoms with Crippen molar-refractivity contribution in [2.24, 2.45) is 0 Å². The van der Waals surface area contributed by atoms with Gasteiger partial charge in [0.1, 0.15) is 0 Å². The minimum Gasteiger partial charge on any atom is -0.493 e. The van der Waals surface area contributed by atoms with Gasteiger partial charge in [-0.25, -0.2) is 0 Å². The number of hydrogen-bond acceptors (Lipinski definition) is 3. The Morgan fingerprint density at radius 2 is 1.63 bits per heavy atom. The van der Waals surface area contributed by atoms with Crippen molar-refractivity contribution in [2.75, 3.05) is 14.2 Å². The Kier molecular flexibility index (Phi) is 4.07. The second-order valence-electron chi connectivity index (χ2n) is 4.34. The molecule has 0 heterocycles. The normalized spacial score (nSPS) is 12.0. The average molecular weight is 258 g/mol. The van der Waals surface area contributed by atoms with Gasteiger partial charge in [0.2, 0.25) is 0 Å². The van der Waals surface area contributed by atoms with E-state index in [0.29, 0.717) is 5.75 Å². The van der Waals surface area contributed by atoms with E-state index in [2.05, 4.69) is 0 Å². The van der Waals surface area contributed by atoms with Gasteiger partial charge in [-0.05, 0) is 24.1 Å². The molecule has 1 unspecified atom stereocenters. The molecule has 0 bridgehead atoms. The first kappa shape index (κ1) is 13.4. The van der Waals surface area contributed by atoms with E-state index in [1.165, 1.54) is 0 Å². The van der Waals surface area contributed by atoms with Crippen molar-refractivity contribution >= 4 is 0 Å². The first-order chi connectivity index (χ1) is 9.17. The maximum atomic E-state index is 9.52. The van der Waals surface area contributed by atoms with Gasteiger partial charge in [-0.15, -0.1) is 0 Å². The fourth-order valence-electron chi connectivity index (χ4n) is 2.06. The minimum absolute atomic E-state index is 0.457. The average Bonchev–Trinajstić information content (AvgIpc) is 2.46. The fraction of sp³-hybridized carbons (Fsp3) is 0.250. The van der Waals surface area contributed by atoms with Crippen molar-refractivity contribution in [1.82, 2.24) is 0 Å². The van der Waals surface area contributed by atoms with Crippen molar-refractivity contribution in [3.63, 3.8) is 0 Å². The molecule has 0 aliphatic rings. The molecular formula is C16H18O3. The molecule has 0 amide bonds. The summed E-state index contributed by atoms with van der Waals surface area (Å²) in [5.41, 5.74) is 2.89. The van der Waals surface area contributed by atoms with Crippen LogP contribution >= 0.6 is 0 Å². The Morgan fingerprint density at radius 3 is 2.16 bits per heavy atom. The lowest BCUT2D eigenvalue weighted by atomic mass is 10.0. The third kappa shape index (κ3) is 2.71. The summed E-state index contributed by atoms with van der Waals surface area (Å²) in [7, 11) is 3.25. The summed E-state index contributed by atoms with van der Waals surface area (Å²) in [5, 5.41) is 9.52. The van der Waals surface area contributed by atoms with Crippen molar-refractivity contribution < 1.29 is 14.6 Å². The quantitative estimate of drug-likeness (QED) is 0.913. The second-order valence-corrected chi connectivity index (χ2v) is 4.34. The molecule has 2 aromatic carbocycles. The van der Waals surface area contributed by atoms with Crippen molar-refractivity contribution in [1.29, 1.82) is 0 Å². The van der Waals surface area contributed by atoms with E-state index in [-0.39, 0.29) is 0 Å². The highest BCUT2D eigenvalue weighted by atomic mass is 16.5. The molecule has 0 saturated heterocycles. The predicted molar refractivity (Wildman–Crippen MR) is 75.6 cm³/mol. The molecule has 0 spiro atoms. The van der Waals surface area contributed by atoms with E-state index in [1.54, 1.807) is 21.1 Å². The lowest BCUT2D eigenvalue weighted by molar-refractivity contribution is 0.199. The number of hydrogen-bond donors (Lipinski definition) is 1. The van der Waals surface area contributed by atoms with Crippen LogP contribution in [-0.4, -0.2) is 19.3 Å². The SMILES string of the molecule is COc1cccc(-c2ccc(C(C)O)cc2)c1OC. The summed E-state index contributed by atoms with van der Waals surface area (Å²) in [4.78, 5) is 0. The van der Waals surface area contributed by atoms with Gasteiger partial charge in [0.15, 0.2) is 11.5 Å². The molecule has 0 saturated carbocycles. The van der Waals surface area contributed by atoms with Crippen LogP contribution in [0.25, 0.3) is 11.1 Å². The zero-order valence-electron chi connectivity index (χ0n) is 11.4. The van der Waals surface area contributed by atoms with Gasteiger partial charge in [0.25, 0.3) is 0 Å². The Hall–Kier alpha value is -2.00. The number of rotatable bonds is 4. The lowest BCUT2D eigenvalue weighted by Crippen LogP contribution is -1.94. The molecule has 0 aliphatic heterocycles. The fourth-order valence-corrected chi connectivity index (χ4v) is 2.06. The van der Waals surface area contributed by atoms with Gasteiger partial charge < -0.3 is 14.6 Å². The van der Waals surface area contributed by atoms with Crippen LogP contribution in [0.1, 0.15) is 18.6 Å². The van der Waals surface area contributed by atoms with Gasteiger partial charge in [-0.3, -0.25) is 0 Å². The van der Waals surface area contributed by atoms with E-state index in [1.807, 2.05) is 42.5 Å². The highest BCUT2D eigenvalue weighted by Crippen LogP contribution is 2.37. The van der Waals surface area contributed by atoms with Crippen LogP contribution in [0.15, 0.2) is 42.5 Å². The monoisotopic (exact) mass is 258 g/mol. The van der Waals surface area contributed by atoms with Crippen LogP contribution in [0.5, 0.6) is 11.5 Å². The van der Waals surface area contributed by atoms with E-state index in [0.717, 1.165) is 22.4 Å². The molecule has 0 aromatic heterocycles. The van der Waals surface area contributed by atoms with Gasteiger partial charge >= 0.3 is 0 Å². The van der Waals surface area contributed by atoms with E-state index in [9.17, 15) is 5.11 Å². The molecule has 3 nitrogen and oxygen atoms in total. The molecule has 2 rings (SSSR count). The summed E-state index contributed by atoms with van der Waals surface area (Å²) in [6, 6.07) is 13.6. The Bertz CT molecular complexity index is 544. The summed E-state index contributed by atoms with van der Waals surface area (Å²) in [5.74, 6) is 1.43. The predicted octanol–water partition coefficient (Wildman–Crippen LogP) is 3.42. The van der Waals surface area contributed by atoms with E-state index < -0.39 is 6.10 Å². The van der Waals surface area contributed by atoms with Crippen LogP contribution in [0.3, 0.4) is 0 Å². The summed E-state index contributed by atoms with van der Waals surface area (Å²) in [6.07, 6.45) is -0.457. The Morgan fingerprint density at radius 1 is 0.947 bits per heavy atom. The summed E-state index contributed by atoms with van der Waals surface area (Å²) in [6.45, 7) is 1.75. The largest absolute Gasteiger partial charge is 0.493 e. The van der Waals surface area contributed by atoms with Gasteiger partial charge in [-0.1, -0.05) is 36.4 Å². The third-order valence-corrected chi connectivity index (χ3v) is 3.11. The minimum atomic E-state index is -0.457. The smallest absolute Gasteiger partial charge is 0.168 e. The van der Waals surface area contributed by atoms with E-state index >= 15 is 0 Å². The number of aliphatic hydroxyl groups is 1. The Balaban J connectivity index is 2.46. The maximum Gasteiger partial charge on any atom is 0.168 e. The van der Waals surface area contributed by atoms with Crippen LogP contribution < -0.4 is 9.47 Å².